The Hall–Kier alpha value is -3.01. The molecule has 3 aromatic rings. The molecule has 0 spiro atoms. The van der Waals surface area contributed by atoms with Crippen molar-refractivity contribution in [1.29, 1.82) is 0 Å². The van der Waals surface area contributed by atoms with E-state index in [4.69, 9.17) is 0 Å². The Morgan fingerprint density at radius 1 is 1.00 bits per heavy atom. The van der Waals surface area contributed by atoms with Crippen LogP contribution in [0.2, 0.25) is 0 Å². The highest BCUT2D eigenvalue weighted by atomic mass is 32.2. The van der Waals surface area contributed by atoms with E-state index < -0.39 is 10.0 Å². The summed E-state index contributed by atoms with van der Waals surface area (Å²) in [6.07, 6.45) is 7.48. The lowest BCUT2D eigenvalue weighted by Crippen LogP contribution is -2.43. The first-order chi connectivity index (χ1) is 18.5. The van der Waals surface area contributed by atoms with Crippen LogP contribution in [0.25, 0.3) is 16.6 Å². The van der Waals surface area contributed by atoms with Gasteiger partial charge in [0.05, 0.1) is 16.2 Å². The predicted molar refractivity (Wildman–Crippen MR) is 153 cm³/mol. The molecule has 2 aliphatic carbocycles. The summed E-state index contributed by atoms with van der Waals surface area (Å²) in [6, 6.07) is 13.5. The van der Waals surface area contributed by atoms with Gasteiger partial charge in [0.25, 0.3) is 0 Å². The van der Waals surface area contributed by atoms with Gasteiger partial charge >= 0.3 is 0 Å². The van der Waals surface area contributed by atoms with Gasteiger partial charge in [0.1, 0.15) is 0 Å². The molecule has 1 aliphatic heterocycles. The van der Waals surface area contributed by atoms with E-state index in [1.165, 1.54) is 17.7 Å². The lowest BCUT2D eigenvalue weighted by Gasteiger charge is -2.29. The van der Waals surface area contributed by atoms with Gasteiger partial charge in [-0.1, -0.05) is 6.42 Å². The maximum absolute atomic E-state index is 13.0. The number of piperazine rings is 1. The molecule has 0 radical (unpaired) electrons. The number of hydrogen-bond donors (Lipinski definition) is 5. The van der Waals surface area contributed by atoms with Crippen LogP contribution in [0, 0.1) is 5.92 Å². The predicted octanol–water partition coefficient (Wildman–Crippen LogP) is 4.76. The first-order valence-corrected chi connectivity index (χ1v) is 15.4. The normalized spacial score (nSPS) is 18.6. The molecule has 6 rings (SSSR count). The molecule has 1 aromatic heterocycles. The number of allylic oxidation sites excluding steroid dienone is 1. The van der Waals surface area contributed by atoms with Crippen LogP contribution in [0.15, 0.2) is 52.9 Å². The smallest absolute Gasteiger partial charge is 0.240 e. The number of nitrogens with zero attached hydrogens (tertiary/aromatic N) is 1. The number of sulfonamides is 1. The second-order valence-electron chi connectivity index (χ2n) is 10.8. The molecule has 2 heterocycles. The Labute approximate surface area is 224 Å². The largest absolute Gasteiger partial charge is 0.494 e. The van der Waals surface area contributed by atoms with Gasteiger partial charge in [0.15, 0.2) is 5.88 Å². The molecule has 0 bridgehead atoms. The van der Waals surface area contributed by atoms with Crippen molar-refractivity contribution in [3.05, 3.63) is 53.6 Å². The number of H-pyrrole nitrogens is 1. The minimum absolute atomic E-state index is 0.0542. The van der Waals surface area contributed by atoms with E-state index in [1.807, 2.05) is 0 Å². The van der Waals surface area contributed by atoms with Crippen molar-refractivity contribution in [2.24, 2.45) is 5.92 Å². The minimum atomic E-state index is -3.63. The van der Waals surface area contributed by atoms with Gasteiger partial charge in [-0.25, -0.2) is 13.1 Å². The molecule has 8 nitrogen and oxygen atoms in total. The molecule has 3 fully saturated rings. The number of anilines is 2. The zero-order valence-electron chi connectivity index (χ0n) is 21.7. The van der Waals surface area contributed by atoms with Gasteiger partial charge in [-0.2, -0.15) is 0 Å². The zero-order valence-corrected chi connectivity index (χ0v) is 22.5. The molecule has 38 heavy (non-hydrogen) atoms. The average molecular weight is 536 g/mol. The van der Waals surface area contributed by atoms with Crippen molar-refractivity contribution < 1.29 is 13.5 Å². The van der Waals surface area contributed by atoms with Gasteiger partial charge in [-0.05, 0) is 92.5 Å². The number of aromatic nitrogens is 1. The molecule has 9 heteroatoms. The highest BCUT2D eigenvalue weighted by Crippen LogP contribution is 2.40. The molecule has 202 valence electrons. The SMILES string of the molecule is O=S(=O)(NCC1CC1)c1ccc2[nH]c(O)c(C(Nc3ccc(N4CCNCC4)cc3)=C3CCCCC3)c2c1. The summed E-state index contributed by atoms with van der Waals surface area (Å²) in [7, 11) is -3.63. The fourth-order valence-electron chi connectivity index (χ4n) is 5.59. The van der Waals surface area contributed by atoms with Gasteiger partial charge in [0.2, 0.25) is 10.0 Å². The monoisotopic (exact) mass is 535 g/mol. The Balaban J connectivity index is 1.35. The number of nitrogens with one attached hydrogen (secondary N) is 4. The van der Waals surface area contributed by atoms with Crippen LogP contribution in [0.5, 0.6) is 5.88 Å². The van der Waals surface area contributed by atoms with Crippen molar-refractivity contribution in [2.45, 2.75) is 49.8 Å². The maximum atomic E-state index is 13.0. The van der Waals surface area contributed by atoms with Gasteiger partial charge in [-0.3, -0.25) is 0 Å². The first-order valence-electron chi connectivity index (χ1n) is 13.9. The number of aromatic hydroxyl groups is 1. The van der Waals surface area contributed by atoms with Crippen LogP contribution in [0.1, 0.15) is 50.5 Å². The standard InChI is InChI=1S/C29H37N5O3S/c35-29-27(25-18-24(12-13-26(25)33-29)38(36,37)31-19-20-6-7-20)28(21-4-2-1-3-5-21)32-22-8-10-23(11-9-22)34-16-14-30-15-17-34/h8-13,18,20,30-33,35H,1-7,14-17,19H2. The fourth-order valence-corrected chi connectivity index (χ4v) is 6.73. The molecule has 2 saturated carbocycles. The van der Waals surface area contributed by atoms with Crippen molar-refractivity contribution in [2.75, 3.05) is 42.9 Å². The second kappa shape index (κ2) is 10.6. The van der Waals surface area contributed by atoms with E-state index in [0.29, 0.717) is 28.9 Å². The summed E-state index contributed by atoms with van der Waals surface area (Å²) in [5, 5.41) is 18.8. The Morgan fingerprint density at radius 2 is 1.74 bits per heavy atom. The maximum Gasteiger partial charge on any atom is 0.240 e. The molecule has 0 amide bonds. The highest BCUT2D eigenvalue weighted by molar-refractivity contribution is 7.89. The zero-order chi connectivity index (χ0) is 26.1. The van der Waals surface area contributed by atoms with Gasteiger partial charge in [-0.15, -0.1) is 0 Å². The van der Waals surface area contributed by atoms with Crippen LogP contribution in [-0.4, -0.2) is 51.2 Å². The number of fused-ring (bicyclic) bond motifs is 1. The van der Waals surface area contributed by atoms with E-state index in [0.717, 1.165) is 76.1 Å². The Morgan fingerprint density at radius 3 is 2.45 bits per heavy atom. The summed E-state index contributed by atoms with van der Waals surface area (Å²) >= 11 is 0. The quantitative estimate of drug-likeness (QED) is 0.285. The van der Waals surface area contributed by atoms with Crippen molar-refractivity contribution >= 4 is 38.0 Å². The summed E-state index contributed by atoms with van der Waals surface area (Å²) in [5.41, 5.74) is 5.64. The van der Waals surface area contributed by atoms with Crippen LogP contribution in [0.4, 0.5) is 11.4 Å². The van der Waals surface area contributed by atoms with Crippen LogP contribution >= 0.6 is 0 Å². The second-order valence-corrected chi connectivity index (χ2v) is 12.6. The molecular formula is C29H37N5O3S. The van der Waals surface area contributed by atoms with Crippen LogP contribution in [0.3, 0.4) is 0 Å². The first kappa shape index (κ1) is 25.3. The molecule has 1 saturated heterocycles. The fraction of sp³-hybridized carbons (Fsp3) is 0.448. The average Bonchev–Trinajstić information content (AvgIpc) is 3.73. The summed E-state index contributed by atoms with van der Waals surface area (Å²) in [6.45, 7) is 4.44. The number of rotatable bonds is 8. The number of benzene rings is 2. The van der Waals surface area contributed by atoms with Crippen molar-refractivity contribution in [3.63, 3.8) is 0 Å². The van der Waals surface area contributed by atoms with E-state index >= 15 is 0 Å². The summed E-state index contributed by atoms with van der Waals surface area (Å²) in [4.78, 5) is 5.68. The Kier molecular flexibility index (Phi) is 7.07. The topological polar surface area (TPSA) is 109 Å². The molecule has 0 unspecified atom stereocenters. The van der Waals surface area contributed by atoms with Crippen molar-refractivity contribution in [1.82, 2.24) is 15.0 Å². The molecule has 2 aromatic carbocycles. The third kappa shape index (κ3) is 5.41. The van der Waals surface area contributed by atoms with Crippen LogP contribution in [-0.2, 0) is 10.0 Å². The highest BCUT2D eigenvalue weighted by Gasteiger charge is 2.26. The van der Waals surface area contributed by atoms with Gasteiger partial charge in [0, 0.05) is 55.0 Å². The molecular weight excluding hydrogens is 498 g/mol. The van der Waals surface area contributed by atoms with E-state index in [9.17, 15) is 13.5 Å². The molecule has 0 atom stereocenters. The minimum Gasteiger partial charge on any atom is -0.494 e. The summed E-state index contributed by atoms with van der Waals surface area (Å²) < 4.78 is 28.8. The lowest BCUT2D eigenvalue weighted by atomic mass is 9.91. The third-order valence-corrected chi connectivity index (χ3v) is 9.42. The number of hydrogen-bond acceptors (Lipinski definition) is 6. The van der Waals surface area contributed by atoms with E-state index in [2.05, 4.69) is 49.5 Å². The van der Waals surface area contributed by atoms with E-state index in [1.54, 1.807) is 18.2 Å². The Bertz CT molecular complexity index is 1430. The molecule has 3 aliphatic rings. The third-order valence-electron chi connectivity index (χ3n) is 8.00. The summed E-state index contributed by atoms with van der Waals surface area (Å²) in [5.74, 6) is 0.503. The van der Waals surface area contributed by atoms with Crippen LogP contribution < -0.4 is 20.3 Å². The molecule has 5 N–H and O–H groups in total. The number of aromatic amines is 1. The van der Waals surface area contributed by atoms with Crippen molar-refractivity contribution in [3.8, 4) is 5.88 Å². The van der Waals surface area contributed by atoms with E-state index in [-0.39, 0.29) is 10.8 Å². The van der Waals surface area contributed by atoms with Gasteiger partial charge < -0.3 is 25.6 Å². The lowest BCUT2D eigenvalue weighted by molar-refractivity contribution is 0.456.